The third-order valence-electron chi connectivity index (χ3n) is 3.07. The fourth-order valence-corrected chi connectivity index (χ4v) is 2.03. The van der Waals surface area contributed by atoms with Crippen molar-refractivity contribution in [1.29, 1.82) is 5.26 Å². The Bertz CT molecular complexity index is 446. The second kappa shape index (κ2) is 5.18. The molecular formula is C14H18N2O. The lowest BCUT2D eigenvalue weighted by molar-refractivity contribution is 0.278. The van der Waals surface area contributed by atoms with E-state index in [-0.39, 0.29) is 0 Å². The number of ether oxygens (including phenoxy) is 1. The highest BCUT2D eigenvalue weighted by atomic mass is 16.5. The van der Waals surface area contributed by atoms with Crippen LogP contribution in [0, 0.1) is 17.2 Å². The van der Waals surface area contributed by atoms with E-state index < -0.39 is 0 Å². The first-order chi connectivity index (χ1) is 8.20. The van der Waals surface area contributed by atoms with Crippen LogP contribution >= 0.6 is 0 Å². The summed E-state index contributed by atoms with van der Waals surface area (Å²) in [6.07, 6.45) is 4.19. The van der Waals surface area contributed by atoms with Crippen LogP contribution in [0.5, 0.6) is 5.88 Å². The molecule has 0 saturated carbocycles. The van der Waals surface area contributed by atoms with Gasteiger partial charge in [0.25, 0.3) is 0 Å². The van der Waals surface area contributed by atoms with Gasteiger partial charge in [-0.25, -0.2) is 4.98 Å². The van der Waals surface area contributed by atoms with Gasteiger partial charge in [-0.3, -0.25) is 0 Å². The van der Waals surface area contributed by atoms with Gasteiger partial charge in [0.2, 0.25) is 5.88 Å². The molecule has 1 aromatic heterocycles. The van der Waals surface area contributed by atoms with Gasteiger partial charge in [0.1, 0.15) is 11.6 Å². The molecule has 0 spiro atoms. The fourth-order valence-electron chi connectivity index (χ4n) is 2.03. The average Bonchev–Trinajstić information content (AvgIpc) is 2.74. The van der Waals surface area contributed by atoms with Gasteiger partial charge >= 0.3 is 0 Å². The molecule has 90 valence electrons. The van der Waals surface area contributed by atoms with E-state index in [0.29, 0.717) is 24.0 Å². The van der Waals surface area contributed by atoms with Gasteiger partial charge in [-0.15, -0.1) is 0 Å². The Morgan fingerprint density at radius 2 is 2.29 bits per heavy atom. The number of hydrogen-bond donors (Lipinski definition) is 0. The smallest absolute Gasteiger partial charge is 0.231 e. The number of aryl methyl sites for hydroxylation is 2. The van der Waals surface area contributed by atoms with Crippen molar-refractivity contribution in [3.05, 3.63) is 22.9 Å². The summed E-state index contributed by atoms with van der Waals surface area (Å²) in [4.78, 5) is 4.48. The standard InChI is InChI=1S/C14H18N2O/c1-10(2)6-7-17-14-12(9-15)8-11-4-3-5-13(11)16-14/h8,10H,3-7H2,1-2H3. The predicted octanol–water partition coefficient (Wildman–Crippen LogP) is 2.87. The second-order valence-corrected chi connectivity index (χ2v) is 4.94. The number of nitrogens with zero attached hydrogens (tertiary/aromatic N) is 2. The molecule has 17 heavy (non-hydrogen) atoms. The van der Waals surface area contributed by atoms with Gasteiger partial charge in [0, 0.05) is 5.69 Å². The van der Waals surface area contributed by atoms with Gasteiger partial charge in [-0.05, 0) is 43.2 Å². The Labute approximate surface area is 102 Å². The van der Waals surface area contributed by atoms with Crippen LogP contribution < -0.4 is 4.74 Å². The van der Waals surface area contributed by atoms with E-state index in [2.05, 4.69) is 24.9 Å². The Kier molecular flexibility index (Phi) is 3.63. The van der Waals surface area contributed by atoms with Crippen molar-refractivity contribution in [2.24, 2.45) is 5.92 Å². The molecule has 3 nitrogen and oxygen atoms in total. The highest BCUT2D eigenvalue weighted by Crippen LogP contribution is 2.26. The molecule has 0 N–H and O–H groups in total. The molecule has 1 heterocycles. The first kappa shape index (κ1) is 11.9. The molecule has 0 amide bonds. The van der Waals surface area contributed by atoms with Crippen molar-refractivity contribution in [3.8, 4) is 11.9 Å². The highest BCUT2D eigenvalue weighted by Gasteiger charge is 2.17. The maximum absolute atomic E-state index is 9.09. The Hall–Kier alpha value is -1.56. The van der Waals surface area contributed by atoms with Gasteiger partial charge in [-0.1, -0.05) is 13.8 Å². The van der Waals surface area contributed by atoms with Crippen LogP contribution in [0.4, 0.5) is 0 Å². The van der Waals surface area contributed by atoms with Crippen LogP contribution in [0.25, 0.3) is 0 Å². The maximum Gasteiger partial charge on any atom is 0.231 e. The molecule has 3 heteroatoms. The minimum Gasteiger partial charge on any atom is -0.477 e. The zero-order valence-corrected chi connectivity index (χ0v) is 10.5. The van der Waals surface area contributed by atoms with Gasteiger partial charge in [0.15, 0.2) is 0 Å². The lowest BCUT2D eigenvalue weighted by Gasteiger charge is -2.10. The Morgan fingerprint density at radius 3 is 3.00 bits per heavy atom. The van der Waals surface area contributed by atoms with Crippen LogP contribution in [0.2, 0.25) is 0 Å². The molecule has 1 aliphatic rings. The van der Waals surface area contributed by atoms with Crippen molar-refractivity contribution < 1.29 is 4.74 Å². The molecule has 0 aliphatic heterocycles. The summed E-state index contributed by atoms with van der Waals surface area (Å²) >= 11 is 0. The zero-order chi connectivity index (χ0) is 12.3. The molecule has 1 aliphatic carbocycles. The first-order valence-corrected chi connectivity index (χ1v) is 6.26. The third-order valence-corrected chi connectivity index (χ3v) is 3.07. The summed E-state index contributed by atoms with van der Waals surface area (Å²) in [6.45, 7) is 4.95. The number of aromatic nitrogens is 1. The van der Waals surface area contributed by atoms with Crippen molar-refractivity contribution in [1.82, 2.24) is 4.98 Å². The van der Waals surface area contributed by atoms with E-state index in [9.17, 15) is 0 Å². The molecule has 0 atom stereocenters. The minimum absolute atomic E-state index is 0.522. The number of pyridine rings is 1. The lowest BCUT2D eigenvalue weighted by atomic mass is 10.1. The average molecular weight is 230 g/mol. The van der Waals surface area contributed by atoms with E-state index in [1.807, 2.05) is 6.07 Å². The predicted molar refractivity (Wildman–Crippen MR) is 65.9 cm³/mol. The van der Waals surface area contributed by atoms with Crippen LogP contribution in [0.15, 0.2) is 6.07 Å². The zero-order valence-electron chi connectivity index (χ0n) is 10.5. The molecular weight excluding hydrogens is 212 g/mol. The molecule has 0 radical (unpaired) electrons. The van der Waals surface area contributed by atoms with Crippen LogP contribution in [0.1, 0.15) is 43.5 Å². The topological polar surface area (TPSA) is 45.9 Å². The number of nitriles is 1. The summed E-state index contributed by atoms with van der Waals surface area (Å²) in [5, 5.41) is 9.09. The van der Waals surface area contributed by atoms with Gasteiger partial charge in [-0.2, -0.15) is 5.26 Å². The molecule has 0 unspecified atom stereocenters. The third kappa shape index (κ3) is 2.76. The van der Waals surface area contributed by atoms with Crippen LogP contribution in [0.3, 0.4) is 0 Å². The summed E-state index contributed by atoms with van der Waals surface area (Å²) < 4.78 is 5.63. The summed E-state index contributed by atoms with van der Waals surface area (Å²) in [6, 6.07) is 4.12. The SMILES string of the molecule is CC(C)CCOc1nc2c(cc1C#N)CCC2. The monoisotopic (exact) mass is 230 g/mol. The number of fused-ring (bicyclic) bond motifs is 1. The van der Waals surface area contributed by atoms with Crippen molar-refractivity contribution >= 4 is 0 Å². The Balaban J connectivity index is 2.13. The quantitative estimate of drug-likeness (QED) is 0.799. The molecule has 0 bridgehead atoms. The normalized spacial score (nSPS) is 13.5. The molecule has 0 fully saturated rings. The summed E-state index contributed by atoms with van der Waals surface area (Å²) in [7, 11) is 0. The highest BCUT2D eigenvalue weighted by molar-refractivity contribution is 5.44. The van der Waals surface area contributed by atoms with E-state index in [1.54, 1.807) is 0 Å². The van der Waals surface area contributed by atoms with Crippen LogP contribution in [-0.4, -0.2) is 11.6 Å². The minimum atomic E-state index is 0.522. The Morgan fingerprint density at radius 1 is 1.47 bits per heavy atom. The molecule has 0 aromatic carbocycles. The second-order valence-electron chi connectivity index (χ2n) is 4.94. The fraction of sp³-hybridized carbons (Fsp3) is 0.571. The van der Waals surface area contributed by atoms with E-state index in [1.165, 1.54) is 5.56 Å². The number of hydrogen-bond acceptors (Lipinski definition) is 3. The van der Waals surface area contributed by atoms with E-state index in [4.69, 9.17) is 10.00 Å². The first-order valence-electron chi connectivity index (χ1n) is 6.26. The number of rotatable bonds is 4. The van der Waals surface area contributed by atoms with Gasteiger partial charge in [0.05, 0.1) is 6.61 Å². The van der Waals surface area contributed by atoms with Crippen molar-refractivity contribution in [2.75, 3.05) is 6.61 Å². The van der Waals surface area contributed by atoms with E-state index >= 15 is 0 Å². The molecule has 2 rings (SSSR count). The summed E-state index contributed by atoms with van der Waals surface area (Å²) in [5.41, 5.74) is 2.91. The van der Waals surface area contributed by atoms with Crippen molar-refractivity contribution in [2.45, 2.75) is 39.5 Å². The largest absolute Gasteiger partial charge is 0.477 e. The maximum atomic E-state index is 9.09. The van der Waals surface area contributed by atoms with Gasteiger partial charge < -0.3 is 4.74 Å². The lowest BCUT2D eigenvalue weighted by Crippen LogP contribution is -2.05. The summed E-state index contributed by atoms with van der Waals surface area (Å²) in [5.74, 6) is 1.13. The molecule has 1 aromatic rings. The van der Waals surface area contributed by atoms with Crippen molar-refractivity contribution in [3.63, 3.8) is 0 Å². The molecule has 0 saturated heterocycles. The van der Waals surface area contributed by atoms with E-state index in [0.717, 1.165) is 31.4 Å². The van der Waals surface area contributed by atoms with Crippen LogP contribution in [-0.2, 0) is 12.8 Å².